The third-order valence-electron chi connectivity index (χ3n) is 1.09. The van der Waals surface area contributed by atoms with Gasteiger partial charge in [-0.05, 0) is 20.3 Å². The van der Waals surface area contributed by atoms with Gasteiger partial charge in [-0.2, -0.15) is 5.84 Å². The Labute approximate surface area is 51.6 Å². The van der Waals surface area contributed by atoms with E-state index in [0.29, 0.717) is 6.04 Å². The van der Waals surface area contributed by atoms with Gasteiger partial charge in [0.25, 0.3) is 0 Å². The zero-order valence-electron chi connectivity index (χ0n) is 5.94. The molecule has 1 radical (unpaired) electrons. The zero-order chi connectivity index (χ0) is 6.57. The van der Waals surface area contributed by atoms with Crippen molar-refractivity contribution in [1.82, 2.24) is 10.9 Å². The molecule has 0 unspecified atom stereocenters. The van der Waals surface area contributed by atoms with Gasteiger partial charge >= 0.3 is 0 Å². The molecule has 0 fully saturated rings. The molecule has 49 valence electrons. The van der Waals surface area contributed by atoms with E-state index in [1.54, 1.807) is 5.01 Å². The number of rotatable bonds is 3. The van der Waals surface area contributed by atoms with Gasteiger partial charge in [0.1, 0.15) is 0 Å². The van der Waals surface area contributed by atoms with Crippen LogP contribution in [0.15, 0.2) is 0 Å². The average molecular weight is 115 g/mol. The van der Waals surface area contributed by atoms with Crippen molar-refractivity contribution in [2.45, 2.75) is 33.2 Å². The van der Waals surface area contributed by atoms with E-state index in [1.807, 2.05) is 13.8 Å². The maximum atomic E-state index is 7.26. The molecule has 0 aromatic heterocycles. The fourth-order valence-electron chi connectivity index (χ4n) is 0.499. The summed E-state index contributed by atoms with van der Waals surface area (Å²) < 4.78 is 0. The van der Waals surface area contributed by atoms with Crippen molar-refractivity contribution < 1.29 is 0 Å². The van der Waals surface area contributed by atoms with E-state index in [-0.39, 0.29) is 0 Å². The number of nitrogens with zero attached hydrogens (tertiary/aromatic N) is 1. The van der Waals surface area contributed by atoms with Crippen molar-refractivity contribution in [3.8, 4) is 0 Å². The largest absolute Gasteiger partial charge is 0.227 e. The molecule has 0 bridgehead atoms. The normalized spacial score (nSPS) is 11.2. The molecule has 2 nitrogen and oxygen atoms in total. The van der Waals surface area contributed by atoms with Crippen molar-refractivity contribution in [2.75, 3.05) is 6.54 Å². The second-order valence-electron chi connectivity index (χ2n) is 2.29. The molecule has 0 aromatic rings. The van der Waals surface area contributed by atoms with Crippen molar-refractivity contribution in [2.24, 2.45) is 0 Å². The molecule has 0 heterocycles. The van der Waals surface area contributed by atoms with Gasteiger partial charge in [-0.3, -0.25) is 0 Å². The van der Waals surface area contributed by atoms with E-state index in [4.69, 9.17) is 5.84 Å². The SMILES string of the molecule is CCCN([NH])C(C)C. The van der Waals surface area contributed by atoms with Crippen LogP contribution in [0, 0.1) is 0 Å². The molecule has 0 aromatic carbocycles. The monoisotopic (exact) mass is 115 g/mol. The Morgan fingerprint density at radius 1 is 1.50 bits per heavy atom. The molecule has 0 aliphatic rings. The summed E-state index contributed by atoms with van der Waals surface area (Å²) in [6.45, 7) is 7.03. The molecule has 0 amide bonds. The average Bonchev–Trinajstić information content (AvgIpc) is 1.67. The van der Waals surface area contributed by atoms with E-state index >= 15 is 0 Å². The fourth-order valence-corrected chi connectivity index (χ4v) is 0.499. The van der Waals surface area contributed by atoms with E-state index in [1.165, 1.54) is 0 Å². The lowest BCUT2D eigenvalue weighted by Gasteiger charge is -2.17. The highest BCUT2D eigenvalue weighted by Gasteiger charge is 2.00. The highest BCUT2D eigenvalue weighted by atomic mass is 15.4. The third-order valence-corrected chi connectivity index (χ3v) is 1.09. The van der Waals surface area contributed by atoms with Crippen LogP contribution in [0.25, 0.3) is 0 Å². The Morgan fingerprint density at radius 2 is 2.00 bits per heavy atom. The summed E-state index contributed by atoms with van der Waals surface area (Å²) in [7, 11) is 0. The minimum atomic E-state index is 0.370. The number of hydrogen-bond donors (Lipinski definition) is 0. The van der Waals surface area contributed by atoms with Crippen molar-refractivity contribution in [1.29, 1.82) is 0 Å². The van der Waals surface area contributed by atoms with Gasteiger partial charge in [-0.25, -0.2) is 5.01 Å². The highest BCUT2D eigenvalue weighted by molar-refractivity contribution is 4.50. The van der Waals surface area contributed by atoms with Gasteiger partial charge in [0.15, 0.2) is 0 Å². The number of nitrogens with one attached hydrogen (secondary N) is 1. The van der Waals surface area contributed by atoms with Crippen LogP contribution in [0.5, 0.6) is 0 Å². The molecule has 1 N–H and O–H groups in total. The zero-order valence-corrected chi connectivity index (χ0v) is 5.94. The summed E-state index contributed by atoms with van der Waals surface area (Å²) in [5.74, 6) is 7.26. The summed E-state index contributed by atoms with van der Waals surface area (Å²) in [6, 6.07) is 0.370. The molecule has 0 rings (SSSR count). The second kappa shape index (κ2) is 3.87. The Balaban J connectivity index is 3.17. The quantitative estimate of drug-likeness (QED) is 0.509. The number of hydrogen-bond acceptors (Lipinski definition) is 1. The Bertz CT molecular complexity index is 52.5. The molecule has 0 spiro atoms. The third kappa shape index (κ3) is 2.99. The maximum absolute atomic E-state index is 7.26. The molecule has 0 saturated carbocycles. The lowest BCUT2D eigenvalue weighted by molar-refractivity contribution is 0.213. The molecule has 0 atom stereocenters. The smallest absolute Gasteiger partial charge is 0.0200 e. The predicted molar refractivity (Wildman–Crippen MR) is 35.2 cm³/mol. The molecular formula is C6H15N2. The lowest BCUT2D eigenvalue weighted by Crippen LogP contribution is -2.29. The lowest BCUT2D eigenvalue weighted by atomic mass is 10.3. The van der Waals surface area contributed by atoms with E-state index in [2.05, 4.69) is 6.92 Å². The summed E-state index contributed by atoms with van der Waals surface area (Å²) in [6.07, 6.45) is 1.07. The Kier molecular flexibility index (Phi) is 3.83. The minimum Gasteiger partial charge on any atom is -0.227 e. The van der Waals surface area contributed by atoms with Crippen LogP contribution >= 0.6 is 0 Å². The van der Waals surface area contributed by atoms with Crippen LogP contribution in [0.1, 0.15) is 27.2 Å². The topological polar surface area (TPSA) is 27.0 Å². The summed E-state index contributed by atoms with van der Waals surface area (Å²) >= 11 is 0. The van der Waals surface area contributed by atoms with Crippen LogP contribution < -0.4 is 5.84 Å². The van der Waals surface area contributed by atoms with Gasteiger partial charge in [-0.15, -0.1) is 0 Å². The predicted octanol–water partition coefficient (Wildman–Crippen LogP) is 1.30. The first-order valence-electron chi connectivity index (χ1n) is 3.16. The van der Waals surface area contributed by atoms with Crippen LogP contribution in [0.3, 0.4) is 0 Å². The first-order chi connectivity index (χ1) is 3.68. The first-order valence-corrected chi connectivity index (χ1v) is 3.16. The molecule has 0 aliphatic heterocycles. The first kappa shape index (κ1) is 7.92. The standard InChI is InChI=1S/C6H15N2/c1-4-5-8(7)6(2)3/h6-7H,4-5H2,1-3H3. The van der Waals surface area contributed by atoms with Crippen LogP contribution in [0.2, 0.25) is 0 Å². The Hall–Kier alpha value is -0.0800. The summed E-state index contributed by atoms with van der Waals surface area (Å²) in [5, 5.41) is 1.60. The van der Waals surface area contributed by atoms with E-state index in [0.717, 1.165) is 13.0 Å². The van der Waals surface area contributed by atoms with Gasteiger partial charge in [0.05, 0.1) is 0 Å². The molecule has 8 heavy (non-hydrogen) atoms. The van der Waals surface area contributed by atoms with Gasteiger partial charge in [0.2, 0.25) is 0 Å². The van der Waals surface area contributed by atoms with Gasteiger partial charge < -0.3 is 0 Å². The van der Waals surface area contributed by atoms with Gasteiger partial charge in [-0.1, -0.05) is 6.92 Å². The van der Waals surface area contributed by atoms with Crippen molar-refractivity contribution in [3.63, 3.8) is 0 Å². The second-order valence-corrected chi connectivity index (χ2v) is 2.29. The van der Waals surface area contributed by atoms with Crippen LogP contribution in [-0.4, -0.2) is 17.6 Å². The van der Waals surface area contributed by atoms with Crippen LogP contribution in [0.4, 0.5) is 0 Å². The maximum Gasteiger partial charge on any atom is 0.0200 e. The van der Waals surface area contributed by atoms with Crippen LogP contribution in [-0.2, 0) is 0 Å². The molecular weight excluding hydrogens is 100 g/mol. The van der Waals surface area contributed by atoms with E-state index in [9.17, 15) is 0 Å². The van der Waals surface area contributed by atoms with E-state index < -0.39 is 0 Å². The van der Waals surface area contributed by atoms with Crippen molar-refractivity contribution in [3.05, 3.63) is 0 Å². The summed E-state index contributed by atoms with van der Waals surface area (Å²) in [4.78, 5) is 0. The summed E-state index contributed by atoms with van der Waals surface area (Å²) in [5.41, 5.74) is 0. The molecule has 0 aliphatic carbocycles. The minimum absolute atomic E-state index is 0.370. The van der Waals surface area contributed by atoms with Gasteiger partial charge in [0, 0.05) is 12.6 Å². The highest BCUT2D eigenvalue weighted by Crippen LogP contribution is 1.91. The fraction of sp³-hybridized carbons (Fsp3) is 1.00. The van der Waals surface area contributed by atoms with Crippen molar-refractivity contribution >= 4 is 0 Å². The molecule has 2 heteroatoms. The Morgan fingerprint density at radius 3 is 2.12 bits per heavy atom. The molecule has 0 saturated heterocycles.